The number of aliphatic imine (C=N–C) groups is 1. The van der Waals surface area contributed by atoms with Gasteiger partial charge in [-0.15, -0.1) is 11.8 Å². The zero-order chi connectivity index (χ0) is 5.40. The molecule has 0 amide bonds. The van der Waals surface area contributed by atoms with Gasteiger partial charge in [-0.25, -0.2) is 0 Å². The number of rotatable bonds is 0. The summed E-state index contributed by atoms with van der Waals surface area (Å²) in [4.78, 5) is 4.18. The molecule has 2 heteroatoms. The molecule has 0 aromatic carbocycles. The largest absolute Gasteiger partial charge is 0.274 e. The van der Waals surface area contributed by atoms with Gasteiger partial charge in [-0.05, 0) is 23.1 Å². The number of nitrogens with zero attached hydrogens (tertiary/aromatic N) is 1. The summed E-state index contributed by atoms with van der Waals surface area (Å²) in [6.45, 7) is 0. The van der Waals surface area contributed by atoms with Crippen LogP contribution in [0.4, 0.5) is 0 Å². The highest BCUT2D eigenvalue weighted by Crippen LogP contribution is 2.31. The van der Waals surface area contributed by atoms with Crippen molar-refractivity contribution < 1.29 is 0 Å². The fourth-order valence-corrected chi connectivity index (χ4v) is 1.66. The van der Waals surface area contributed by atoms with Crippen LogP contribution in [-0.4, -0.2) is 11.6 Å². The van der Waals surface area contributed by atoms with Gasteiger partial charge in [-0.3, -0.25) is 4.99 Å². The molecule has 0 saturated carbocycles. The van der Waals surface area contributed by atoms with Gasteiger partial charge in [-0.2, -0.15) is 0 Å². The molecule has 0 N–H and O–H groups in total. The van der Waals surface area contributed by atoms with E-state index in [1.807, 2.05) is 6.21 Å². The fourth-order valence-electron chi connectivity index (χ4n) is 0.819. The monoisotopic (exact) mass is 123 g/mol. The molecule has 2 rings (SSSR count). The minimum Gasteiger partial charge on any atom is -0.274 e. The predicted molar refractivity (Wildman–Crippen MR) is 37.1 cm³/mol. The zero-order valence-corrected chi connectivity index (χ0v) is 5.06. The topological polar surface area (TPSA) is 12.4 Å². The molecule has 0 aromatic rings. The van der Waals surface area contributed by atoms with Gasteiger partial charge in [0, 0.05) is 6.21 Å². The van der Waals surface area contributed by atoms with Crippen molar-refractivity contribution in [3.05, 3.63) is 23.1 Å². The van der Waals surface area contributed by atoms with E-state index in [9.17, 15) is 0 Å². The van der Waals surface area contributed by atoms with Crippen molar-refractivity contribution in [1.82, 2.24) is 0 Å². The van der Waals surface area contributed by atoms with Gasteiger partial charge in [0.05, 0.1) is 0 Å². The Kier molecular flexibility index (Phi) is 0.815. The molecule has 0 radical (unpaired) electrons. The van der Waals surface area contributed by atoms with Gasteiger partial charge in [0.25, 0.3) is 0 Å². The van der Waals surface area contributed by atoms with E-state index in [2.05, 4.69) is 22.6 Å². The van der Waals surface area contributed by atoms with E-state index in [0.29, 0.717) is 5.37 Å². The van der Waals surface area contributed by atoms with Crippen LogP contribution in [0.25, 0.3) is 0 Å². The SMILES string of the molecule is C1=CC2=CC=NC2S1. The zero-order valence-electron chi connectivity index (χ0n) is 4.24. The average molecular weight is 123 g/mol. The maximum atomic E-state index is 4.18. The molecule has 40 valence electrons. The van der Waals surface area contributed by atoms with Crippen LogP contribution in [0.1, 0.15) is 0 Å². The molecule has 0 saturated heterocycles. The molecule has 8 heavy (non-hydrogen) atoms. The Morgan fingerprint density at radius 2 is 2.62 bits per heavy atom. The molecule has 1 nitrogen and oxygen atoms in total. The van der Waals surface area contributed by atoms with Crippen LogP contribution >= 0.6 is 11.8 Å². The second-order valence-electron chi connectivity index (χ2n) is 1.76. The molecule has 0 bridgehead atoms. The molecule has 0 spiro atoms. The highest BCUT2D eigenvalue weighted by Gasteiger charge is 2.16. The molecule has 2 heterocycles. The van der Waals surface area contributed by atoms with E-state index in [1.165, 1.54) is 5.57 Å². The van der Waals surface area contributed by atoms with Gasteiger partial charge in [-0.1, -0.05) is 0 Å². The number of hydrogen-bond acceptors (Lipinski definition) is 2. The van der Waals surface area contributed by atoms with Crippen molar-refractivity contribution in [2.24, 2.45) is 4.99 Å². The van der Waals surface area contributed by atoms with Crippen molar-refractivity contribution in [3.8, 4) is 0 Å². The lowest BCUT2D eigenvalue weighted by Crippen LogP contribution is -1.88. The maximum absolute atomic E-state index is 4.18. The lowest BCUT2D eigenvalue weighted by atomic mass is 10.3. The van der Waals surface area contributed by atoms with Crippen LogP contribution in [-0.2, 0) is 0 Å². The molecule has 2 aliphatic heterocycles. The molecular weight excluding hydrogens is 118 g/mol. The summed E-state index contributed by atoms with van der Waals surface area (Å²) in [7, 11) is 0. The Balaban J connectivity index is 2.39. The minimum absolute atomic E-state index is 0.412. The second kappa shape index (κ2) is 1.49. The van der Waals surface area contributed by atoms with Crippen LogP contribution in [0.5, 0.6) is 0 Å². The van der Waals surface area contributed by atoms with E-state index in [0.717, 1.165) is 0 Å². The van der Waals surface area contributed by atoms with E-state index in [-0.39, 0.29) is 0 Å². The van der Waals surface area contributed by atoms with Gasteiger partial charge < -0.3 is 0 Å². The van der Waals surface area contributed by atoms with E-state index in [1.54, 1.807) is 11.8 Å². The molecule has 0 aliphatic carbocycles. The quantitative estimate of drug-likeness (QED) is 0.476. The molecule has 0 aromatic heterocycles. The van der Waals surface area contributed by atoms with E-state index >= 15 is 0 Å². The smallest absolute Gasteiger partial charge is 0.124 e. The van der Waals surface area contributed by atoms with E-state index in [4.69, 9.17) is 0 Å². The Labute approximate surface area is 52.2 Å². The maximum Gasteiger partial charge on any atom is 0.124 e. The summed E-state index contributed by atoms with van der Waals surface area (Å²) in [6, 6.07) is 0. The summed E-state index contributed by atoms with van der Waals surface area (Å²) in [5.41, 5.74) is 1.34. The summed E-state index contributed by atoms with van der Waals surface area (Å²) in [6.07, 6.45) is 6.04. The van der Waals surface area contributed by atoms with Gasteiger partial charge >= 0.3 is 0 Å². The highest BCUT2D eigenvalue weighted by atomic mass is 32.2. The highest BCUT2D eigenvalue weighted by molar-refractivity contribution is 8.03. The summed E-state index contributed by atoms with van der Waals surface area (Å²) in [5, 5.41) is 2.50. The van der Waals surface area contributed by atoms with Crippen molar-refractivity contribution in [1.29, 1.82) is 0 Å². The normalized spacial score (nSPS) is 31.0. The third-order valence-corrected chi connectivity index (χ3v) is 2.19. The van der Waals surface area contributed by atoms with E-state index < -0.39 is 0 Å². The van der Waals surface area contributed by atoms with Gasteiger partial charge in [0.1, 0.15) is 5.37 Å². The second-order valence-corrected chi connectivity index (χ2v) is 2.75. The Morgan fingerprint density at radius 3 is 3.50 bits per heavy atom. The summed E-state index contributed by atoms with van der Waals surface area (Å²) >= 11 is 1.77. The Morgan fingerprint density at radius 1 is 1.62 bits per heavy atom. The van der Waals surface area contributed by atoms with Crippen LogP contribution in [0, 0.1) is 0 Å². The van der Waals surface area contributed by atoms with Crippen molar-refractivity contribution >= 4 is 18.0 Å². The van der Waals surface area contributed by atoms with Crippen molar-refractivity contribution in [2.75, 3.05) is 0 Å². The lowest BCUT2D eigenvalue weighted by molar-refractivity contribution is 1.16. The first-order valence-corrected chi connectivity index (χ1v) is 3.46. The molecule has 2 aliphatic rings. The molecule has 1 unspecified atom stereocenters. The van der Waals surface area contributed by atoms with Crippen molar-refractivity contribution in [3.63, 3.8) is 0 Å². The third kappa shape index (κ3) is 0.464. The number of fused-ring (bicyclic) bond motifs is 1. The van der Waals surface area contributed by atoms with Gasteiger partial charge in [0.15, 0.2) is 0 Å². The number of thioether (sulfide) groups is 1. The van der Waals surface area contributed by atoms with Gasteiger partial charge in [0.2, 0.25) is 0 Å². The van der Waals surface area contributed by atoms with Crippen LogP contribution in [0.15, 0.2) is 28.1 Å². The molecular formula is C6H5NS. The van der Waals surface area contributed by atoms with Crippen LogP contribution < -0.4 is 0 Å². The minimum atomic E-state index is 0.412. The number of hydrogen-bond donors (Lipinski definition) is 0. The average Bonchev–Trinajstić information content (AvgIpc) is 2.15. The lowest BCUT2D eigenvalue weighted by Gasteiger charge is -1.95. The first-order valence-electron chi connectivity index (χ1n) is 2.52. The summed E-state index contributed by atoms with van der Waals surface area (Å²) in [5.74, 6) is 0. The predicted octanol–water partition coefficient (Wildman–Crippen LogP) is 1.58. The van der Waals surface area contributed by atoms with Crippen LogP contribution in [0.2, 0.25) is 0 Å². The Bertz CT molecular complexity index is 191. The third-order valence-electron chi connectivity index (χ3n) is 1.24. The molecule has 1 atom stereocenters. The number of allylic oxidation sites excluding steroid dienone is 1. The van der Waals surface area contributed by atoms with Crippen LogP contribution in [0.3, 0.4) is 0 Å². The van der Waals surface area contributed by atoms with Crippen molar-refractivity contribution in [2.45, 2.75) is 5.37 Å². The fraction of sp³-hybridized carbons (Fsp3) is 0.167. The first kappa shape index (κ1) is 4.39. The molecule has 0 fully saturated rings. The Hall–Kier alpha value is -0.500. The summed E-state index contributed by atoms with van der Waals surface area (Å²) < 4.78 is 0. The first-order chi connectivity index (χ1) is 3.97. The standard InChI is InChI=1S/C6H5NS/c1-3-7-6-5(1)2-4-8-6/h1-4,6H.